The minimum atomic E-state index is -0.680. The molecule has 0 aliphatic rings. The van der Waals surface area contributed by atoms with Crippen LogP contribution in [-0.2, 0) is 17.8 Å². The van der Waals surface area contributed by atoms with Gasteiger partial charge in [0.1, 0.15) is 0 Å². The summed E-state index contributed by atoms with van der Waals surface area (Å²) in [7, 11) is 0. The van der Waals surface area contributed by atoms with Crippen LogP contribution in [0, 0.1) is 0 Å². The Kier molecular flexibility index (Phi) is 6.14. The van der Waals surface area contributed by atoms with E-state index in [-0.39, 0.29) is 5.56 Å². The number of hydroxylamine groups is 1. The highest BCUT2D eigenvalue weighted by atomic mass is 35.5. The van der Waals surface area contributed by atoms with Crippen molar-refractivity contribution >= 4 is 23.6 Å². The van der Waals surface area contributed by atoms with Gasteiger partial charge in [-0.1, -0.05) is 23.7 Å². The Bertz CT molecular complexity index is 768. The summed E-state index contributed by atoms with van der Waals surface area (Å²) in [6, 6.07) is 11.0. The molecule has 1 heterocycles. The highest BCUT2D eigenvalue weighted by Gasteiger charge is 2.02. The van der Waals surface area contributed by atoms with E-state index in [0.29, 0.717) is 17.1 Å². The average molecular weight is 333 g/mol. The average Bonchev–Trinajstić information content (AvgIpc) is 2.55. The van der Waals surface area contributed by atoms with Crippen LogP contribution in [0.2, 0.25) is 5.02 Å². The lowest BCUT2D eigenvalue weighted by molar-refractivity contribution is -0.124. The van der Waals surface area contributed by atoms with Crippen LogP contribution in [0.4, 0.5) is 0 Å². The van der Waals surface area contributed by atoms with Crippen LogP contribution in [0.3, 0.4) is 0 Å². The first kappa shape index (κ1) is 17.0. The molecule has 1 aromatic carbocycles. The van der Waals surface area contributed by atoms with Gasteiger partial charge in [0.25, 0.3) is 11.5 Å². The molecule has 0 saturated heterocycles. The lowest BCUT2D eigenvalue weighted by atomic mass is 10.1. The zero-order valence-electron chi connectivity index (χ0n) is 12.4. The van der Waals surface area contributed by atoms with E-state index in [1.54, 1.807) is 22.9 Å². The van der Waals surface area contributed by atoms with Crippen LogP contribution < -0.4 is 11.0 Å². The molecular weight excluding hydrogens is 316 g/mol. The molecule has 0 aliphatic carbocycles. The van der Waals surface area contributed by atoms with E-state index in [4.69, 9.17) is 16.8 Å². The molecule has 0 unspecified atom stereocenters. The first-order valence-electron chi connectivity index (χ1n) is 7.16. The standard InChI is InChI=1S/C17H17ClN2O3/c18-15-7-1-4-13(12-15)5-2-10-20-11-3-6-14(17(20)22)8-9-16(21)19-23/h1,3-4,6-9,11-12,23H,2,5,10H2,(H,19,21)/b9-8+. The number of amides is 1. The summed E-state index contributed by atoms with van der Waals surface area (Å²) in [6.45, 7) is 0.569. The normalized spacial score (nSPS) is 10.9. The van der Waals surface area contributed by atoms with Crippen molar-refractivity contribution in [3.05, 3.63) is 75.2 Å². The monoisotopic (exact) mass is 332 g/mol. The number of halogens is 1. The molecule has 23 heavy (non-hydrogen) atoms. The summed E-state index contributed by atoms with van der Waals surface area (Å²) < 4.78 is 1.60. The van der Waals surface area contributed by atoms with Crippen LogP contribution in [0.1, 0.15) is 17.5 Å². The second-order valence-electron chi connectivity index (χ2n) is 5.00. The van der Waals surface area contributed by atoms with Gasteiger partial charge in [0.2, 0.25) is 0 Å². The number of carbonyl (C=O) groups excluding carboxylic acids is 1. The molecular formula is C17H17ClN2O3. The van der Waals surface area contributed by atoms with Gasteiger partial charge in [0.05, 0.1) is 0 Å². The van der Waals surface area contributed by atoms with Crippen molar-refractivity contribution in [3.8, 4) is 0 Å². The van der Waals surface area contributed by atoms with Gasteiger partial charge in [0.15, 0.2) is 0 Å². The number of nitrogens with zero attached hydrogens (tertiary/aromatic N) is 1. The zero-order valence-corrected chi connectivity index (χ0v) is 13.2. The van der Waals surface area contributed by atoms with E-state index >= 15 is 0 Å². The highest BCUT2D eigenvalue weighted by Crippen LogP contribution is 2.12. The summed E-state index contributed by atoms with van der Waals surface area (Å²) >= 11 is 5.95. The fraction of sp³-hybridized carbons (Fsp3) is 0.176. The molecule has 120 valence electrons. The predicted octanol–water partition coefficient (Wildman–Crippen LogP) is 2.65. The van der Waals surface area contributed by atoms with Crippen molar-refractivity contribution in [1.29, 1.82) is 0 Å². The molecule has 0 bridgehead atoms. The van der Waals surface area contributed by atoms with Gasteiger partial charge in [-0.25, -0.2) is 5.48 Å². The van der Waals surface area contributed by atoms with Gasteiger partial charge >= 0.3 is 0 Å². The van der Waals surface area contributed by atoms with E-state index in [1.807, 2.05) is 24.3 Å². The topological polar surface area (TPSA) is 71.3 Å². The van der Waals surface area contributed by atoms with Crippen molar-refractivity contribution in [3.63, 3.8) is 0 Å². The number of nitrogens with one attached hydrogen (secondary N) is 1. The van der Waals surface area contributed by atoms with E-state index < -0.39 is 5.91 Å². The Labute approximate surface area is 138 Å². The number of benzene rings is 1. The number of carbonyl (C=O) groups is 1. The summed E-state index contributed by atoms with van der Waals surface area (Å²) in [6.07, 6.45) is 5.81. The van der Waals surface area contributed by atoms with E-state index in [9.17, 15) is 9.59 Å². The molecule has 1 amide bonds. The molecule has 0 saturated carbocycles. The summed E-state index contributed by atoms with van der Waals surface area (Å²) in [5, 5.41) is 9.14. The molecule has 2 N–H and O–H groups in total. The van der Waals surface area contributed by atoms with Crippen molar-refractivity contribution < 1.29 is 10.0 Å². The van der Waals surface area contributed by atoms with Crippen molar-refractivity contribution in [2.45, 2.75) is 19.4 Å². The lowest BCUT2D eigenvalue weighted by Gasteiger charge is -2.07. The highest BCUT2D eigenvalue weighted by molar-refractivity contribution is 6.30. The van der Waals surface area contributed by atoms with Gasteiger partial charge in [-0.2, -0.15) is 0 Å². The number of aromatic nitrogens is 1. The smallest absolute Gasteiger partial charge is 0.267 e. The second kappa shape index (κ2) is 8.31. The van der Waals surface area contributed by atoms with Crippen molar-refractivity contribution in [2.24, 2.45) is 0 Å². The Morgan fingerprint density at radius 2 is 2.13 bits per heavy atom. The van der Waals surface area contributed by atoms with Crippen molar-refractivity contribution in [2.75, 3.05) is 0 Å². The molecule has 5 nitrogen and oxygen atoms in total. The van der Waals surface area contributed by atoms with Crippen LogP contribution in [0.5, 0.6) is 0 Å². The van der Waals surface area contributed by atoms with Gasteiger partial charge in [-0.05, 0) is 48.7 Å². The number of aryl methyl sites for hydroxylation is 2. The third kappa shape index (κ3) is 5.09. The predicted molar refractivity (Wildman–Crippen MR) is 89.4 cm³/mol. The Morgan fingerprint density at radius 1 is 1.30 bits per heavy atom. The fourth-order valence-electron chi connectivity index (χ4n) is 2.21. The number of pyridine rings is 1. The van der Waals surface area contributed by atoms with Crippen LogP contribution >= 0.6 is 11.6 Å². The molecule has 2 rings (SSSR count). The first-order chi connectivity index (χ1) is 11.1. The first-order valence-corrected chi connectivity index (χ1v) is 7.54. The Hall–Kier alpha value is -2.37. The maximum Gasteiger partial charge on any atom is 0.267 e. The van der Waals surface area contributed by atoms with Gasteiger partial charge in [-0.3, -0.25) is 14.8 Å². The zero-order chi connectivity index (χ0) is 16.7. The van der Waals surface area contributed by atoms with Crippen LogP contribution in [0.15, 0.2) is 53.5 Å². The summed E-state index contributed by atoms with van der Waals surface area (Å²) in [5.74, 6) is -0.680. The SMILES string of the molecule is O=C(/C=C/c1cccn(CCCc2cccc(Cl)c2)c1=O)NO. The van der Waals surface area contributed by atoms with Crippen molar-refractivity contribution in [1.82, 2.24) is 10.0 Å². The van der Waals surface area contributed by atoms with Gasteiger partial charge < -0.3 is 4.57 Å². The molecule has 0 atom stereocenters. The lowest BCUT2D eigenvalue weighted by Crippen LogP contribution is -2.22. The molecule has 0 radical (unpaired) electrons. The van der Waals surface area contributed by atoms with Crippen LogP contribution in [-0.4, -0.2) is 15.7 Å². The minimum absolute atomic E-state index is 0.180. The van der Waals surface area contributed by atoms with Gasteiger partial charge in [0, 0.05) is 29.4 Å². The van der Waals surface area contributed by atoms with E-state index in [1.165, 1.54) is 11.6 Å². The largest absolute Gasteiger partial charge is 0.315 e. The molecule has 0 aliphatic heterocycles. The van der Waals surface area contributed by atoms with E-state index in [0.717, 1.165) is 24.5 Å². The fourth-order valence-corrected chi connectivity index (χ4v) is 2.42. The number of hydrogen-bond acceptors (Lipinski definition) is 3. The molecule has 0 fully saturated rings. The van der Waals surface area contributed by atoms with E-state index in [2.05, 4.69) is 0 Å². The number of rotatable bonds is 6. The molecule has 6 heteroatoms. The molecule has 1 aromatic heterocycles. The quantitative estimate of drug-likeness (QED) is 0.485. The Morgan fingerprint density at radius 3 is 2.87 bits per heavy atom. The summed E-state index contributed by atoms with van der Waals surface area (Å²) in [4.78, 5) is 23.2. The van der Waals surface area contributed by atoms with Gasteiger partial charge in [-0.15, -0.1) is 0 Å². The molecule has 0 spiro atoms. The van der Waals surface area contributed by atoms with Crippen LogP contribution in [0.25, 0.3) is 6.08 Å². The maximum atomic E-state index is 12.3. The maximum absolute atomic E-state index is 12.3. The second-order valence-corrected chi connectivity index (χ2v) is 5.44. The minimum Gasteiger partial charge on any atom is -0.315 e. The Balaban J connectivity index is 2.02. The third-order valence-corrected chi connectivity index (χ3v) is 3.56. The number of hydrogen-bond donors (Lipinski definition) is 2. The summed E-state index contributed by atoms with van der Waals surface area (Å²) in [5.41, 5.74) is 2.81. The molecule has 2 aromatic rings. The third-order valence-electron chi connectivity index (χ3n) is 3.33.